The predicted octanol–water partition coefficient (Wildman–Crippen LogP) is 5.43. The molecule has 27 heavy (non-hydrogen) atoms. The largest absolute Gasteiger partial charge is 0.497 e. The maximum atomic E-state index is 6.07. The average molecular weight is 383 g/mol. The molecule has 1 aliphatic heterocycles. The Morgan fingerprint density at radius 1 is 1.00 bits per heavy atom. The summed E-state index contributed by atoms with van der Waals surface area (Å²) in [5, 5.41) is 8.77. The molecule has 0 atom stereocenters. The highest BCUT2D eigenvalue weighted by Crippen LogP contribution is 2.33. The number of quaternary nitrogens is 1. The van der Waals surface area contributed by atoms with E-state index in [4.69, 9.17) is 21.4 Å². The van der Waals surface area contributed by atoms with Crippen molar-refractivity contribution in [3.05, 3.63) is 65.2 Å². The van der Waals surface area contributed by atoms with Crippen molar-refractivity contribution in [1.29, 1.82) is 0 Å². The number of nitrogens with zero attached hydrogens (tertiary/aromatic N) is 2. The van der Waals surface area contributed by atoms with Gasteiger partial charge < -0.3 is 4.74 Å². The van der Waals surface area contributed by atoms with E-state index in [0.29, 0.717) is 0 Å². The molecule has 0 saturated carbocycles. The summed E-state index contributed by atoms with van der Waals surface area (Å²) in [6, 6.07) is 18.5. The molecule has 1 aliphatic rings. The molecular weight excluding hydrogens is 358 g/mol. The van der Waals surface area contributed by atoms with Crippen LogP contribution in [0.5, 0.6) is 5.75 Å². The highest BCUT2D eigenvalue weighted by molar-refractivity contribution is 6.30. The molecule has 2 aromatic carbocycles. The van der Waals surface area contributed by atoms with E-state index in [0.717, 1.165) is 52.0 Å². The number of methoxy groups -OCH3 is 1. The molecule has 0 amide bonds. The number of aromatic nitrogens is 2. The van der Waals surface area contributed by atoms with E-state index < -0.39 is 0 Å². The van der Waals surface area contributed by atoms with Gasteiger partial charge >= 0.3 is 0 Å². The third kappa shape index (κ3) is 3.87. The Morgan fingerprint density at radius 2 is 1.70 bits per heavy atom. The van der Waals surface area contributed by atoms with Crippen LogP contribution in [0.1, 0.15) is 24.8 Å². The number of rotatable bonds is 5. The highest BCUT2D eigenvalue weighted by Gasteiger charge is 2.35. The number of benzene rings is 2. The number of nitrogens with one attached hydrogen (secondary N) is 1. The molecule has 0 bridgehead atoms. The highest BCUT2D eigenvalue weighted by atomic mass is 35.5. The first kappa shape index (κ1) is 18.1. The van der Waals surface area contributed by atoms with Gasteiger partial charge in [0.25, 0.3) is 0 Å². The number of halogens is 1. The first-order valence-electron chi connectivity index (χ1n) is 9.49. The van der Waals surface area contributed by atoms with Gasteiger partial charge in [0.1, 0.15) is 12.3 Å². The first-order valence-corrected chi connectivity index (χ1v) is 9.87. The summed E-state index contributed by atoms with van der Waals surface area (Å²) in [4.78, 5) is 0. The molecule has 4 nitrogen and oxygen atoms in total. The SMILES string of the molecule is COc1ccc(-c2cc([N+]3(Cc4ccc(Cl)cc4)CCCCC3)n[nH]2)cc1. The summed E-state index contributed by atoms with van der Waals surface area (Å²) >= 11 is 6.07. The van der Waals surface area contributed by atoms with Crippen LogP contribution in [0.2, 0.25) is 5.02 Å². The van der Waals surface area contributed by atoms with Gasteiger partial charge in [-0.25, -0.2) is 0 Å². The molecule has 5 heteroatoms. The minimum Gasteiger partial charge on any atom is -0.497 e. The van der Waals surface area contributed by atoms with Gasteiger partial charge in [0.2, 0.25) is 5.82 Å². The maximum Gasteiger partial charge on any atom is 0.247 e. The number of H-pyrrole nitrogens is 1. The normalized spacial score (nSPS) is 16.2. The van der Waals surface area contributed by atoms with Crippen LogP contribution >= 0.6 is 11.6 Å². The van der Waals surface area contributed by atoms with E-state index in [9.17, 15) is 0 Å². The Morgan fingerprint density at radius 3 is 2.37 bits per heavy atom. The Labute approximate surface area is 165 Å². The number of ether oxygens (including phenoxy) is 1. The maximum absolute atomic E-state index is 6.07. The Bertz CT molecular complexity index is 881. The molecule has 2 heterocycles. The second kappa shape index (κ2) is 7.75. The molecule has 0 radical (unpaired) electrons. The van der Waals surface area contributed by atoms with E-state index in [1.54, 1.807) is 7.11 Å². The Balaban J connectivity index is 1.64. The van der Waals surface area contributed by atoms with Crippen molar-refractivity contribution in [2.45, 2.75) is 25.8 Å². The number of aromatic amines is 1. The van der Waals surface area contributed by atoms with E-state index >= 15 is 0 Å². The van der Waals surface area contributed by atoms with E-state index in [2.05, 4.69) is 35.4 Å². The molecule has 1 fully saturated rings. The molecule has 1 aromatic heterocycles. The zero-order chi connectivity index (χ0) is 18.7. The number of hydrogen-bond acceptors (Lipinski definition) is 2. The monoisotopic (exact) mass is 382 g/mol. The molecule has 4 rings (SSSR count). The second-order valence-corrected chi connectivity index (χ2v) is 7.74. The summed E-state index contributed by atoms with van der Waals surface area (Å²) in [5.41, 5.74) is 3.47. The van der Waals surface area contributed by atoms with Gasteiger partial charge in [-0.1, -0.05) is 23.7 Å². The first-order chi connectivity index (χ1) is 13.2. The third-order valence-corrected chi connectivity index (χ3v) is 5.77. The van der Waals surface area contributed by atoms with Gasteiger partial charge in [0.05, 0.1) is 25.9 Å². The van der Waals surface area contributed by atoms with Crippen LogP contribution in [0, 0.1) is 0 Å². The lowest BCUT2D eigenvalue weighted by molar-refractivity contribution is 0.215. The van der Waals surface area contributed by atoms with Gasteiger partial charge in [-0.2, -0.15) is 0 Å². The number of likely N-dealkylation sites (tertiary alicyclic amines) is 1. The summed E-state index contributed by atoms with van der Waals surface area (Å²) in [6.45, 7) is 3.19. The number of hydrogen-bond donors (Lipinski definition) is 1. The molecule has 1 saturated heterocycles. The summed E-state index contributed by atoms with van der Waals surface area (Å²) < 4.78 is 6.16. The summed E-state index contributed by atoms with van der Waals surface area (Å²) in [7, 11) is 1.68. The zero-order valence-electron chi connectivity index (χ0n) is 15.6. The topological polar surface area (TPSA) is 37.9 Å². The Hall–Kier alpha value is -2.30. The van der Waals surface area contributed by atoms with Crippen LogP contribution in [-0.2, 0) is 6.54 Å². The Kier molecular flexibility index (Phi) is 5.19. The third-order valence-electron chi connectivity index (χ3n) is 5.52. The van der Waals surface area contributed by atoms with Crippen molar-refractivity contribution >= 4 is 17.4 Å². The molecule has 0 aliphatic carbocycles. The summed E-state index contributed by atoms with van der Waals surface area (Å²) in [5.74, 6) is 1.98. The lowest BCUT2D eigenvalue weighted by Crippen LogP contribution is -2.52. The minimum absolute atomic E-state index is 0.783. The lowest BCUT2D eigenvalue weighted by Gasteiger charge is -2.39. The van der Waals surface area contributed by atoms with Crippen molar-refractivity contribution in [3.63, 3.8) is 0 Å². The van der Waals surface area contributed by atoms with Gasteiger partial charge in [-0.15, -0.1) is 5.10 Å². The van der Waals surface area contributed by atoms with E-state index in [1.165, 1.54) is 24.8 Å². The van der Waals surface area contributed by atoms with Crippen molar-refractivity contribution < 1.29 is 4.74 Å². The van der Waals surface area contributed by atoms with Gasteiger partial charge in [-0.3, -0.25) is 9.58 Å². The molecular formula is C22H25ClN3O+. The summed E-state index contributed by atoms with van der Waals surface area (Å²) in [6.07, 6.45) is 3.77. The van der Waals surface area contributed by atoms with Gasteiger partial charge in [-0.05, 0) is 55.7 Å². The molecule has 1 N–H and O–H groups in total. The van der Waals surface area contributed by atoms with Crippen molar-refractivity contribution in [1.82, 2.24) is 14.7 Å². The van der Waals surface area contributed by atoms with Gasteiger partial charge in [0.15, 0.2) is 0 Å². The molecule has 3 aromatic rings. The van der Waals surface area contributed by atoms with Crippen LogP contribution in [0.25, 0.3) is 11.3 Å². The van der Waals surface area contributed by atoms with Crippen molar-refractivity contribution in [2.75, 3.05) is 20.2 Å². The predicted molar refractivity (Wildman–Crippen MR) is 111 cm³/mol. The van der Waals surface area contributed by atoms with E-state index in [-0.39, 0.29) is 0 Å². The zero-order valence-corrected chi connectivity index (χ0v) is 16.4. The van der Waals surface area contributed by atoms with Crippen LogP contribution in [0.3, 0.4) is 0 Å². The fourth-order valence-corrected chi connectivity index (χ4v) is 4.12. The van der Waals surface area contributed by atoms with E-state index in [1.807, 2.05) is 24.3 Å². The molecule has 0 spiro atoms. The smallest absolute Gasteiger partial charge is 0.247 e. The lowest BCUT2D eigenvalue weighted by atomic mass is 10.0. The fraction of sp³-hybridized carbons (Fsp3) is 0.318. The van der Waals surface area contributed by atoms with Crippen molar-refractivity contribution in [2.24, 2.45) is 0 Å². The molecule has 140 valence electrons. The molecule has 0 unspecified atom stereocenters. The van der Waals surface area contributed by atoms with Gasteiger partial charge in [0, 0.05) is 22.2 Å². The fourth-order valence-electron chi connectivity index (χ4n) is 4.00. The standard InChI is InChI=1S/C22H25ClN3O/c1-27-20-11-7-18(8-12-20)21-15-22(25-24-21)26(13-3-2-4-14-26)16-17-5-9-19(23)10-6-17/h5-12,15H,2-4,13-14,16H2,1H3,(H,24,25)/q+1. The van der Waals surface area contributed by atoms with Crippen molar-refractivity contribution in [3.8, 4) is 17.0 Å². The minimum atomic E-state index is 0.783. The van der Waals surface area contributed by atoms with Crippen LogP contribution in [-0.4, -0.2) is 30.4 Å². The van der Waals surface area contributed by atoms with Crippen LogP contribution in [0.15, 0.2) is 54.6 Å². The second-order valence-electron chi connectivity index (χ2n) is 7.31. The quantitative estimate of drug-likeness (QED) is 0.597. The van der Waals surface area contributed by atoms with Crippen LogP contribution in [0.4, 0.5) is 5.82 Å². The average Bonchev–Trinajstić information content (AvgIpc) is 3.22. The number of piperidine rings is 1. The van der Waals surface area contributed by atoms with Crippen LogP contribution < -0.4 is 9.22 Å².